The molecular formula is C13H15N3O5. The van der Waals surface area contributed by atoms with E-state index < -0.39 is 30.4 Å². The van der Waals surface area contributed by atoms with Gasteiger partial charge in [-0.05, 0) is 25.1 Å². The van der Waals surface area contributed by atoms with Crippen LogP contribution in [0.15, 0.2) is 18.2 Å². The number of carboxylic acid groups (broad SMARTS) is 1. The maximum Gasteiger partial charge on any atom is 0.305 e. The number of nitrogens with two attached hydrogens (primary N) is 1. The van der Waals surface area contributed by atoms with E-state index >= 15 is 0 Å². The van der Waals surface area contributed by atoms with Crippen molar-refractivity contribution in [2.75, 3.05) is 10.6 Å². The van der Waals surface area contributed by atoms with Crippen molar-refractivity contribution in [2.45, 2.75) is 25.5 Å². The van der Waals surface area contributed by atoms with Crippen molar-refractivity contribution in [3.63, 3.8) is 0 Å². The van der Waals surface area contributed by atoms with Gasteiger partial charge in [0, 0.05) is 5.69 Å². The Kier molecular flexibility index (Phi) is 4.08. The van der Waals surface area contributed by atoms with Crippen LogP contribution >= 0.6 is 0 Å². The number of carbonyl (C=O) groups is 3. The van der Waals surface area contributed by atoms with Gasteiger partial charge in [0.05, 0.1) is 18.2 Å². The van der Waals surface area contributed by atoms with Crippen LogP contribution in [-0.2, 0) is 14.4 Å². The lowest BCUT2D eigenvalue weighted by Gasteiger charge is -2.23. The second kappa shape index (κ2) is 5.80. The Hall–Kier alpha value is -2.61. The summed E-state index contributed by atoms with van der Waals surface area (Å²) < 4.78 is 5.38. The monoisotopic (exact) mass is 293 g/mol. The van der Waals surface area contributed by atoms with Crippen molar-refractivity contribution in [1.82, 2.24) is 0 Å². The largest absolute Gasteiger partial charge is 0.481 e. The summed E-state index contributed by atoms with van der Waals surface area (Å²) in [5.74, 6) is -1.56. The van der Waals surface area contributed by atoms with Crippen LogP contribution < -0.4 is 21.1 Å². The molecule has 1 aliphatic rings. The molecule has 0 spiro atoms. The van der Waals surface area contributed by atoms with E-state index in [2.05, 4.69) is 10.6 Å². The number of aliphatic carboxylic acids is 1. The topological polar surface area (TPSA) is 131 Å². The number of hydrogen-bond acceptors (Lipinski definition) is 5. The smallest absolute Gasteiger partial charge is 0.305 e. The zero-order chi connectivity index (χ0) is 15.6. The van der Waals surface area contributed by atoms with Crippen LogP contribution in [0.2, 0.25) is 0 Å². The first-order valence-electron chi connectivity index (χ1n) is 6.26. The number of hydrogen-bond donors (Lipinski definition) is 4. The maximum atomic E-state index is 11.7. The third kappa shape index (κ3) is 3.48. The summed E-state index contributed by atoms with van der Waals surface area (Å²) >= 11 is 0. The van der Waals surface area contributed by atoms with Gasteiger partial charge < -0.3 is 26.2 Å². The van der Waals surface area contributed by atoms with E-state index in [1.54, 1.807) is 19.1 Å². The summed E-state index contributed by atoms with van der Waals surface area (Å²) in [6, 6.07) is 3.55. The molecule has 8 nitrogen and oxygen atoms in total. The number of nitrogens with one attached hydrogen (secondary N) is 2. The van der Waals surface area contributed by atoms with Crippen molar-refractivity contribution in [2.24, 2.45) is 5.73 Å². The van der Waals surface area contributed by atoms with E-state index in [0.717, 1.165) is 0 Å². The Balaban J connectivity index is 2.09. The van der Waals surface area contributed by atoms with Crippen LogP contribution in [0.3, 0.4) is 0 Å². The highest BCUT2D eigenvalue weighted by molar-refractivity contribution is 6.00. The van der Waals surface area contributed by atoms with Gasteiger partial charge in [-0.15, -0.1) is 0 Å². The first kappa shape index (κ1) is 14.8. The number of carboxylic acids is 1. The number of benzene rings is 1. The molecular weight excluding hydrogens is 278 g/mol. The fraction of sp³-hybridized carbons (Fsp3) is 0.308. The summed E-state index contributed by atoms with van der Waals surface area (Å²) in [7, 11) is 0. The molecule has 0 fully saturated rings. The molecule has 0 saturated heterocycles. The third-order valence-corrected chi connectivity index (χ3v) is 2.91. The Morgan fingerprint density at radius 1 is 1.52 bits per heavy atom. The Morgan fingerprint density at radius 2 is 2.24 bits per heavy atom. The molecule has 0 radical (unpaired) electrons. The number of rotatable bonds is 4. The van der Waals surface area contributed by atoms with E-state index in [4.69, 9.17) is 15.6 Å². The number of anilines is 2. The molecule has 0 aliphatic carbocycles. The van der Waals surface area contributed by atoms with Crippen molar-refractivity contribution in [1.29, 1.82) is 0 Å². The molecule has 0 saturated carbocycles. The lowest BCUT2D eigenvalue weighted by Crippen LogP contribution is -2.37. The van der Waals surface area contributed by atoms with E-state index in [9.17, 15) is 14.4 Å². The Bertz CT molecular complexity index is 601. The van der Waals surface area contributed by atoms with Crippen molar-refractivity contribution in [3.05, 3.63) is 18.2 Å². The zero-order valence-electron chi connectivity index (χ0n) is 11.3. The van der Waals surface area contributed by atoms with Crippen molar-refractivity contribution in [3.8, 4) is 5.75 Å². The van der Waals surface area contributed by atoms with Crippen LogP contribution in [-0.4, -0.2) is 35.0 Å². The second-order valence-corrected chi connectivity index (χ2v) is 4.65. The molecule has 1 heterocycles. The molecule has 8 heteroatoms. The van der Waals surface area contributed by atoms with Gasteiger partial charge >= 0.3 is 5.97 Å². The SMILES string of the molecule is CC1Oc2ccc(NC(=O)C(N)CC(=O)O)cc2NC1=O. The van der Waals surface area contributed by atoms with Gasteiger partial charge in [0.25, 0.3) is 5.91 Å². The molecule has 1 aromatic carbocycles. The molecule has 1 aromatic rings. The van der Waals surface area contributed by atoms with E-state index in [1.807, 2.05) is 0 Å². The van der Waals surface area contributed by atoms with Crippen LogP contribution in [0.1, 0.15) is 13.3 Å². The first-order valence-corrected chi connectivity index (χ1v) is 6.26. The fourth-order valence-corrected chi connectivity index (χ4v) is 1.80. The molecule has 2 atom stereocenters. The summed E-state index contributed by atoms with van der Waals surface area (Å²) in [5, 5.41) is 13.7. The molecule has 2 unspecified atom stereocenters. The maximum absolute atomic E-state index is 11.7. The average molecular weight is 293 g/mol. The molecule has 0 bridgehead atoms. The predicted molar refractivity (Wildman–Crippen MR) is 74.0 cm³/mol. The normalized spacial score (nSPS) is 18.0. The molecule has 1 aliphatic heterocycles. The highest BCUT2D eigenvalue weighted by Gasteiger charge is 2.24. The van der Waals surface area contributed by atoms with Crippen LogP contribution in [0.4, 0.5) is 11.4 Å². The minimum Gasteiger partial charge on any atom is -0.481 e. The minimum atomic E-state index is -1.15. The Morgan fingerprint density at radius 3 is 2.90 bits per heavy atom. The third-order valence-electron chi connectivity index (χ3n) is 2.91. The quantitative estimate of drug-likeness (QED) is 0.625. The summed E-state index contributed by atoms with van der Waals surface area (Å²) in [5.41, 5.74) is 6.28. The molecule has 5 N–H and O–H groups in total. The number of ether oxygens (including phenoxy) is 1. The fourth-order valence-electron chi connectivity index (χ4n) is 1.80. The first-order chi connectivity index (χ1) is 9.86. The van der Waals surface area contributed by atoms with Crippen LogP contribution in [0.5, 0.6) is 5.75 Å². The van der Waals surface area contributed by atoms with Crippen LogP contribution in [0, 0.1) is 0 Å². The zero-order valence-corrected chi connectivity index (χ0v) is 11.3. The van der Waals surface area contributed by atoms with Gasteiger partial charge in [-0.25, -0.2) is 0 Å². The number of fused-ring (bicyclic) bond motifs is 1. The molecule has 0 aromatic heterocycles. The van der Waals surface area contributed by atoms with Crippen LogP contribution in [0.25, 0.3) is 0 Å². The van der Waals surface area contributed by atoms with E-state index in [0.29, 0.717) is 17.1 Å². The van der Waals surface area contributed by atoms with Gasteiger partial charge in [-0.2, -0.15) is 0 Å². The van der Waals surface area contributed by atoms with Gasteiger partial charge in [0.2, 0.25) is 5.91 Å². The standard InChI is InChI=1S/C13H15N3O5/c1-6-12(19)16-9-4-7(2-3-10(9)21-6)15-13(20)8(14)5-11(17)18/h2-4,6,8H,5,14H2,1H3,(H,15,20)(H,16,19)(H,17,18). The Labute approximate surface area is 120 Å². The predicted octanol–water partition coefficient (Wildman–Crippen LogP) is 0.146. The summed E-state index contributed by atoms with van der Waals surface area (Å²) in [6.45, 7) is 1.62. The van der Waals surface area contributed by atoms with Gasteiger partial charge in [-0.1, -0.05) is 0 Å². The molecule has 2 amide bonds. The van der Waals surface area contributed by atoms with E-state index in [-0.39, 0.29) is 5.91 Å². The molecule has 21 heavy (non-hydrogen) atoms. The number of amides is 2. The highest BCUT2D eigenvalue weighted by Crippen LogP contribution is 2.32. The number of carbonyl (C=O) groups excluding carboxylic acids is 2. The van der Waals surface area contributed by atoms with Crippen molar-refractivity contribution >= 4 is 29.2 Å². The van der Waals surface area contributed by atoms with E-state index in [1.165, 1.54) is 6.07 Å². The highest BCUT2D eigenvalue weighted by atomic mass is 16.5. The summed E-state index contributed by atoms with van der Waals surface area (Å²) in [6.07, 6.45) is -1.05. The lowest BCUT2D eigenvalue weighted by atomic mass is 10.2. The second-order valence-electron chi connectivity index (χ2n) is 4.65. The van der Waals surface area contributed by atoms with Gasteiger partial charge in [-0.3, -0.25) is 14.4 Å². The molecule has 2 rings (SSSR count). The van der Waals surface area contributed by atoms with Crippen molar-refractivity contribution < 1.29 is 24.2 Å². The average Bonchev–Trinajstić information content (AvgIpc) is 2.39. The van der Waals surface area contributed by atoms with Gasteiger partial charge in [0.1, 0.15) is 5.75 Å². The van der Waals surface area contributed by atoms with Gasteiger partial charge in [0.15, 0.2) is 6.10 Å². The lowest BCUT2D eigenvalue weighted by molar-refractivity contribution is -0.138. The summed E-state index contributed by atoms with van der Waals surface area (Å²) in [4.78, 5) is 33.7. The minimum absolute atomic E-state index is 0.284. The molecule has 112 valence electrons.